The second-order valence-corrected chi connectivity index (χ2v) is 5.28. The highest BCUT2D eigenvalue weighted by molar-refractivity contribution is 9.10. The van der Waals surface area contributed by atoms with Gasteiger partial charge in [0.05, 0.1) is 0 Å². The maximum absolute atomic E-state index is 13.6. The molecule has 2 rings (SSSR count). The van der Waals surface area contributed by atoms with Crippen LogP contribution in [-0.2, 0) is 17.8 Å². The molecule has 1 N–H and O–H groups in total. The van der Waals surface area contributed by atoms with Crippen molar-refractivity contribution in [2.45, 2.75) is 19.4 Å². The number of hydrogen-bond donors (Lipinski definition) is 1. The molecule has 0 bridgehead atoms. The maximum Gasteiger partial charge on any atom is 0.220 e. The van der Waals surface area contributed by atoms with Crippen molar-refractivity contribution in [2.24, 2.45) is 0 Å². The molecule has 104 valence electrons. The zero-order valence-corrected chi connectivity index (χ0v) is 12.4. The molecule has 0 atom stereocenters. The molecule has 0 aliphatic heterocycles. The van der Waals surface area contributed by atoms with Gasteiger partial charge in [-0.2, -0.15) is 0 Å². The standard InChI is InChI=1S/C15H14BrFN2O/c16-13-3-1-12(14(17)9-13)2-4-15(20)19-10-11-5-7-18-8-6-11/h1,3,5-9H,2,4,10H2,(H,19,20). The van der Waals surface area contributed by atoms with Crippen molar-refractivity contribution in [2.75, 3.05) is 0 Å². The molecule has 3 nitrogen and oxygen atoms in total. The molecular formula is C15H14BrFN2O. The van der Waals surface area contributed by atoms with Gasteiger partial charge in [-0.1, -0.05) is 22.0 Å². The minimum atomic E-state index is -0.290. The van der Waals surface area contributed by atoms with Crippen LogP contribution in [0.3, 0.4) is 0 Å². The van der Waals surface area contributed by atoms with Gasteiger partial charge in [0.1, 0.15) is 5.82 Å². The number of aryl methyl sites for hydroxylation is 1. The number of rotatable bonds is 5. The Morgan fingerprint density at radius 1 is 1.25 bits per heavy atom. The van der Waals surface area contributed by atoms with Crippen LogP contribution in [0, 0.1) is 5.82 Å². The van der Waals surface area contributed by atoms with Crippen molar-refractivity contribution in [1.29, 1.82) is 0 Å². The van der Waals surface area contributed by atoms with Crippen molar-refractivity contribution >= 4 is 21.8 Å². The second-order valence-electron chi connectivity index (χ2n) is 4.37. The molecule has 0 aliphatic rings. The third kappa shape index (κ3) is 4.42. The number of nitrogens with one attached hydrogen (secondary N) is 1. The number of pyridine rings is 1. The first-order valence-electron chi connectivity index (χ1n) is 6.24. The third-order valence-corrected chi connectivity index (χ3v) is 3.37. The minimum Gasteiger partial charge on any atom is -0.352 e. The first kappa shape index (κ1) is 14.7. The van der Waals surface area contributed by atoms with Gasteiger partial charge in [0.2, 0.25) is 5.91 Å². The van der Waals surface area contributed by atoms with E-state index in [4.69, 9.17) is 0 Å². The zero-order valence-electron chi connectivity index (χ0n) is 10.8. The van der Waals surface area contributed by atoms with Crippen LogP contribution in [-0.4, -0.2) is 10.9 Å². The molecule has 1 aromatic heterocycles. The SMILES string of the molecule is O=C(CCc1ccc(Br)cc1F)NCc1ccncc1. The van der Waals surface area contributed by atoms with E-state index in [2.05, 4.69) is 26.2 Å². The monoisotopic (exact) mass is 336 g/mol. The number of aromatic nitrogens is 1. The van der Waals surface area contributed by atoms with E-state index in [-0.39, 0.29) is 18.1 Å². The molecule has 20 heavy (non-hydrogen) atoms. The van der Waals surface area contributed by atoms with Crippen molar-refractivity contribution in [1.82, 2.24) is 10.3 Å². The summed E-state index contributed by atoms with van der Waals surface area (Å²) in [5, 5.41) is 2.80. The topological polar surface area (TPSA) is 42.0 Å². The second kappa shape index (κ2) is 7.14. The molecule has 0 spiro atoms. The third-order valence-electron chi connectivity index (χ3n) is 2.88. The number of hydrogen-bond acceptors (Lipinski definition) is 2. The summed E-state index contributed by atoms with van der Waals surface area (Å²) in [5.41, 5.74) is 1.54. The van der Waals surface area contributed by atoms with Gasteiger partial charge in [-0.05, 0) is 41.8 Å². The Kier molecular flexibility index (Phi) is 5.24. The molecule has 1 amide bonds. The van der Waals surface area contributed by atoms with Crippen LogP contribution in [0.5, 0.6) is 0 Å². The lowest BCUT2D eigenvalue weighted by atomic mass is 10.1. The zero-order chi connectivity index (χ0) is 14.4. The van der Waals surface area contributed by atoms with E-state index >= 15 is 0 Å². The highest BCUT2D eigenvalue weighted by Crippen LogP contribution is 2.16. The van der Waals surface area contributed by atoms with E-state index in [1.807, 2.05) is 12.1 Å². The average molecular weight is 337 g/mol. The number of nitrogens with zero attached hydrogens (tertiary/aromatic N) is 1. The minimum absolute atomic E-state index is 0.0934. The van der Waals surface area contributed by atoms with Crippen LogP contribution >= 0.6 is 15.9 Å². The van der Waals surface area contributed by atoms with Crippen LogP contribution in [0.1, 0.15) is 17.5 Å². The Labute approximate surface area is 125 Å². The summed E-state index contributed by atoms with van der Waals surface area (Å²) in [6.07, 6.45) is 4.02. The van der Waals surface area contributed by atoms with Gasteiger partial charge in [-0.25, -0.2) is 4.39 Å². The van der Waals surface area contributed by atoms with Gasteiger partial charge in [0.15, 0.2) is 0 Å². The highest BCUT2D eigenvalue weighted by Gasteiger charge is 2.06. The predicted molar refractivity (Wildman–Crippen MR) is 78.5 cm³/mol. The first-order chi connectivity index (χ1) is 9.65. The molecule has 0 fully saturated rings. The van der Waals surface area contributed by atoms with Crippen molar-refractivity contribution in [3.05, 3.63) is 64.1 Å². The summed E-state index contributed by atoms with van der Waals surface area (Å²) in [5.74, 6) is -0.384. The maximum atomic E-state index is 13.6. The fourth-order valence-corrected chi connectivity index (χ4v) is 2.10. The molecule has 5 heteroatoms. The summed E-state index contributed by atoms with van der Waals surface area (Å²) in [6, 6.07) is 8.55. The predicted octanol–water partition coefficient (Wildman–Crippen LogP) is 3.23. The fraction of sp³-hybridized carbons (Fsp3) is 0.200. The molecule has 2 aromatic rings. The van der Waals surface area contributed by atoms with Crippen LogP contribution in [0.15, 0.2) is 47.2 Å². The highest BCUT2D eigenvalue weighted by atomic mass is 79.9. The molecule has 0 saturated heterocycles. The van der Waals surface area contributed by atoms with E-state index in [9.17, 15) is 9.18 Å². The van der Waals surface area contributed by atoms with Gasteiger partial charge >= 0.3 is 0 Å². The van der Waals surface area contributed by atoms with Crippen molar-refractivity contribution in [3.63, 3.8) is 0 Å². The Hall–Kier alpha value is -1.75. The molecule has 0 saturated carbocycles. The largest absolute Gasteiger partial charge is 0.352 e. The summed E-state index contributed by atoms with van der Waals surface area (Å²) in [6.45, 7) is 0.462. The fourth-order valence-electron chi connectivity index (χ4n) is 1.76. The van der Waals surface area contributed by atoms with Crippen molar-refractivity contribution < 1.29 is 9.18 Å². The van der Waals surface area contributed by atoms with Gasteiger partial charge in [0, 0.05) is 29.8 Å². The average Bonchev–Trinajstić information content (AvgIpc) is 2.45. The summed E-state index contributed by atoms with van der Waals surface area (Å²) in [4.78, 5) is 15.6. The van der Waals surface area contributed by atoms with Crippen LogP contribution in [0.25, 0.3) is 0 Å². The lowest BCUT2D eigenvalue weighted by Gasteiger charge is -2.06. The molecule has 1 heterocycles. The lowest BCUT2D eigenvalue weighted by molar-refractivity contribution is -0.121. The summed E-state index contributed by atoms with van der Waals surface area (Å²) in [7, 11) is 0. The summed E-state index contributed by atoms with van der Waals surface area (Å²) < 4.78 is 14.3. The first-order valence-corrected chi connectivity index (χ1v) is 7.04. The number of benzene rings is 1. The Morgan fingerprint density at radius 2 is 2.00 bits per heavy atom. The molecule has 0 unspecified atom stereocenters. The lowest BCUT2D eigenvalue weighted by Crippen LogP contribution is -2.23. The number of halogens is 2. The van der Waals surface area contributed by atoms with Crippen LogP contribution in [0.2, 0.25) is 0 Å². The number of carbonyl (C=O) groups is 1. The normalized spacial score (nSPS) is 10.3. The Balaban J connectivity index is 1.80. The Bertz CT molecular complexity index is 590. The van der Waals surface area contributed by atoms with E-state index in [1.54, 1.807) is 24.5 Å². The van der Waals surface area contributed by atoms with Gasteiger partial charge in [0.25, 0.3) is 0 Å². The molecule has 1 aromatic carbocycles. The quantitative estimate of drug-likeness (QED) is 0.910. The van der Waals surface area contributed by atoms with E-state index in [1.165, 1.54) is 6.07 Å². The van der Waals surface area contributed by atoms with Gasteiger partial charge in [-0.3, -0.25) is 9.78 Å². The van der Waals surface area contributed by atoms with Gasteiger partial charge in [-0.15, -0.1) is 0 Å². The Morgan fingerprint density at radius 3 is 2.70 bits per heavy atom. The number of amides is 1. The smallest absolute Gasteiger partial charge is 0.220 e. The van der Waals surface area contributed by atoms with E-state index in [0.717, 1.165) is 5.56 Å². The van der Waals surface area contributed by atoms with Gasteiger partial charge < -0.3 is 5.32 Å². The summed E-state index contributed by atoms with van der Waals surface area (Å²) >= 11 is 3.20. The van der Waals surface area contributed by atoms with Crippen LogP contribution < -0.4 is 5.32 Å². The molecular weight excluding hydrogens is 323 g/mol. The molecule has 0 radical (unpaired) electrons. The van der Waals surface area contributed by atoms with E-state index < -0.39 is 0 Å². The van der Waals surface area contributed by atoms with E-state index in [0.29, 0.717) is 23.0 Å². The number of carbonyl (C=O) groups excluding carboxylic acids is 1. The molecule has 0 aliphatic carbocycles. The van der Waals surface area contributed by atoms with Crippen molar-refractivity contribution in [3.8, 4) is 0 Å². The van der Waals surface area contributed by atoms with Crippen LogP contribution in [0.4, 0.5) is 4.39 Å².